The zero-order chi connectivity index (χ0) is 14.4. The number of carbonyl (C=O) groups is 2. The SMILES string of the molecule is CC.CC.CC(=O)CCNC(=O)c1ccccc1. The third-order valence-electron chi connectivity index (χ3n) is 1.80. The van der Waals surface area contributed by atoms with Crippen LogP contribution < -0.4 is 5.32 Å². The minimum Gasteiger partial charge on any atom is -0.352 e. The van der Waals surface area contributed by atoms with Gasteiger partial charge < -0.3 is 5.32 Å². The van der Waals surface area contributed by atoms with Gasteiger partial charge in [0.05, 0.1) is 0 Å². The first kappa shape index (κ1) is 18.7. The molecule has 0 atom stereocenters. The lowest BCUT2D eigenvalue weighted by molar-refractivity contribution is -0.116. The van der Waals surface area contributed by atoms with E-state index in [1.165, 1.54) is 6.92 Å². The summed E-state index contributed by atoms with van der Waals surface area (Å²) in [6.07, 6.45) is 0.387. The molecule has 0 aliphatic carbocycles. The molecular formula is C15H25NO2. The second-order valence-electron chi connectivity index (χ2n) is 3.07. The van der Waals surface area contributed by atoms with Gasteiger partial charge in [0.15, 0.2) is 0 Å². The fraction of sp³-hybridized carbons (Fsp3) is 0.467. The fourth-order valence-electron chi connectivity index (χ4n) is 1.04. The fourth-order valence-corrected chi connectivity index (χ4v) is 1.04. The zero-order valence-electron chi connectivity index (χ0n) is 12.1. The largest absolute Gasteiger partial charge is 0.352 e. The van der Waals surface area contributed by atoms with Crippen LogP contribution in [0.4, 0.5) is 0 Å². The molecule has 3 nitrogen and oxygen atoms in total. The number of hydrogen-bond acceptors (Lipinski definition) is 2. The van der Waals surface area contributed by atoms with Crippen LogP contribution >= 0.6 is 0 Å². The van der Waals surface area contributed by atoms with Crippen LogP contribution in [0.1, 0.15) is 51.4 Å². The summed E-state index contributed by atoms with van der Waals surface area (Å²) in [5.74, 6) is -0.0507. The Balaban J connectivity index is 0. The molecule has 1 N–H and O–H groups in total. The number of carbonyl (C=O) groups excluding carboxylic acids is 2. The number of hydrogen-bond donors (Lipinski definition) is 1. The molecule has 0 aromatic heterocycles. The molecule has 0 aliphatic heterocycles. The highest BCUT2D eigenvalue weighted by molar-refractivity contribution is 5.94. The van der Waals surface area contributed by atoms with Crippen molar-refractivity contribution in [2.45, 2.75) is 41.0 Å². The molecule has 0 spiro atoms. The van der Waals surface area contributed by atoms with Gasteiger partial charge in [-0.2, -0.15) is 0 Å². The summed E-state index contributed by atoms with van der Waals surface area (Å²) in [5, 5.41) is 2.67. The van der Waals surface area contributed by atoms with E-state index in [9.17, 15) is 9.59 Å². The highest BCUT2D eigenvalue weighted by Gasteiger charge is 2.03. The van der Waals surface area contributed by atoms with Crippen LogP contribution in [0, 0.1) is 0 Å². The molecule has 1 aromatic carbocycles. The van der Waals surface area contributed by atoms with Crippen LogP contribution in [0.3, 0.4) is 0 Å². The summed E-state index contributed by atoms with van der Waals surface area (Å²) in [5.41, 5.74) is 0.621. The number of Topliss-reactive ketones (excluding diaryl/α,β-unsaturated/α-hetero) is 1. The highest BCUT2D eigenvalue weighted by atomic mass is 16.1. The molecule has 18 heavy (non-hydrogen) atoms. The summed E-state index contributed by atoms with van der Waals surface area (Å²) >= 11 is 0. The molecule has 1 aromatic rings. The smallest absolute Gasteiger partial charge is 0.251 e. The molecule has 0 bridgehead atoms. The van der Waals surface area contributed by atoms with Crippen molar-refractivity contribution in [3.05, 3.63) is 35.9 Å². The van der Waals surface area contributed by atoms with E-state index in [4.69, 9.17) is 0 Å². The van der Waals surface area contributed by atoms with Crippen molar-refractivity contribution in [3.63, 3.8) is 0 Å². The molecule has 0 saturated heterocycles. The van der Waals surface area contributed by atoms with Crippen LogP contribution in [0.2, 0.25) is 0 Å². The molecule has 0 aliphatic rings. The van der Waals surface area contributed by atoms with Crippen molar-refractivity contribution in [1.82, 2.24) is 5.32 Å². The number of amides is 1. The molecular weight excluding hydrogens is 226 g/mol. The van der Waals surface area contributed by atoms with Gasteiger partial charge in [0.2, 0.25) is 0 Å². The van der Waals surface area contributed by atoms with Crippen molar-refractivity contribution in [1.29, 1.82) is 0 Å². The molecule has 0 fully saturated rings. The Hall–Kier alpha value is -1.64. The summed E-state index contributed by atoms with van der Waals surface area (Å²) in [6, 6.07) is 8.94. The molecule has 0 unspecified atom stereocenters. The molecule has 0 heterocycles. The van der Waals surface area contributed by atoms with Crippen molar-refractivity contribution in [2.75, 3.05) is 6.54 Å². The lowest BCUT2D eigenvalue weighted by Gasteiger charge is -2.02. The second-order valence-corrected chi connectivity index (χ2v) is 3.07. The maximum atomic E-state index is 11.4. The number of benzene rings is 1. The van der Waals surface area contributed by atoms with Crippen LogP contribution in [0.15, 0.2) is 30.3 Å². The first-order valence-corrected chi connectivity index (χ1v) is 6.53. The molecule has 1 rings (SSSR count). The first-order chi connectivity index (χ1) is 8.70. The Kier molecular flexibility index (Phi) is 14.0. The monoisotopic (exact) mass is 251 g/mol. The predicted molar refractivity (Wildman–Crippen MR) is 76.8 cm³/mol. The van der Waals surface area contributed by atoms with Gasteiger partial charge in [-0.05, 0) is 19.1 Å². The second kappa shape index (κ2) is 13.4. The Morgan fingerprint density at radius 2 is 1.50 bits per heavy atom. The average molecular weight is 251 g/mol. The third kappa shape index (κ3) is 9.58. The van der Waals surface area contributed by atoms with Gasteiger partial charge in [-0.3, -0.25) is 9.59 Å². The average Bonchev–Trinajstić information content (AvgIpc) is 2.44. The standard InChI is InChI=1S/C11H13NO2.2C2H6/c1-9(13)7-8-12-11(14)10-5-3-2-4-6-10;2*1-2/h2-6H,7-8H2,1H3,(H,12,14);2*1-2H3. The number of nitrogens with one attached hydrogen (secondary N) is 1. The van der Waals surface area contributed by atoms with Gasteiger partial charge in [0.1, 0.15) is 5.78 Å². The highest BCUT2D eigenvalue weighted by Crippen LogP contribution is 1.97. The first-order valence-electron chi connectivity index (χ1n) is 6.53. The quantitative estimate of drug-likeness (QED) is 0.891. The zero-order valence-corrected chi connectivity index (χ0v) is 12.1. The Morgan fingerprint density at radius 3 is 1.94 bits per heavy atom. The minimum atomic E-state index is -0.133. The Bertz CT molecular complexity index is 321. The predicted octanol–water partition coefficient (Wildman–Crippen LogP) is 3.45. The third-order valence-corrected chi connectivity index (χ3v) is 1.80. The van der Waals surface area contributed by atoms with Crippen molar-refractivity contribution in [2.24, 2.45) is 0 Å². The van der Waals surface area contributed by atoms with Gasteiger partial charge in [-0.1, -0.05) is 45.9 Å². The minimum absolute atomic E-state index is 0.0818. The van der Waals surface area contributed by atoms with E-state index in [0.717, 1.165) is 0 Å². The number of rotatable bonds is 4. The van der Waals surface area contributed by atoms with Crippen LogP contribution in [-0.4, -0.2) is 18.2 Å². The van der Waals surface area contributed by atoms with Crippen LogP contribution in [-0.2, 0) is 4.79 Å². The van der Waals surface area contributed by atoms with E-state index in [1.807, 2.05) is 33.8 Å². The van der Waals surface area contributed by atoms with E-state index in [0.29, 0.717) is 18.5 Å². The van der Waals surface area contributed by atoms with Gasteiger partial charge in [0.25, 0.3) is 5.91 Å². The lowest BCUT2D eigenvalue weighted by Crippen LogP contribution is -2.25. The Morgan fingerprint density at radius 1 is 1.00 bits per heavy atom. The maximum absolute atomic E-state index is 11.4. The molecule has 0 saturated carbocycles. The normalized spacial score (nSPS) is 8.06. The van der Waals surface area contributed by atoms with Crippen molar-refractivity contribution < 1.29 is 9.59 Å². The van der Waals surface area contributed by atoms with E-state index >= 15 is 0 Å². The summed E-state index contributed by atoms with van der Waals surface area (Å²) in [4.78, 5) is 22.0. The molecule has 3 heteroatoms. The lowest BCUT2D eigenvalue weighted by atomic mass is 10.2. The summed E-state index contributed by atoms with van der Waals surface area (Å²) < 4.78 is 0. The molecule has 0 radical (unpaired) electrons. The Labute approximate surface area is 111 Å². The van der Waals surface area contributed by atoms with Crippen LogP contribution in [0.25, 0.3) is 0 Å². The van der Waals surface area contributed by atoms with Gasteiger partial charge in [-0.25, -0.2) is 0 Å². The van der Waals surface area contributed by atoms with E-state index in [-0.39, 0.29) is 11.7 Å². The van der Waals surface area contributed by atoms with Crippen molar-refractivity contribution in [3.8, 4) is 0 Å². The molecule has 102 valence electrons. The van der Waals surface area contributed by atoms with E-state index in [2.05, 4.69) is 5.32 Å². The number of ketones is 1. The van der Waals surface area contributed by atoms with Gasteiger partial charge >= 0.3 is 0 Å². The van der Waals surface area contributed by atoms with Crippen molar-refractivity contribution >= 4 is 11.7 Å². The van der Waals surface area contributed by atoms with Gasteiger partial charge in [-0.15, -0.1) is 0 Å². The topological polar surface area (TPSA) is 46.2 Å². The molecule has 1 amide bonds. The maximum Gasteiger partial charge on any atom is 0.251 e. The summed E-state index contributed by atoms with van der Waals surface area (Å²) in [7, 11) is 0. The summed E-state index contributed by atoms with van der Waals surface area (Å²) in [6.45, 7) is 9.91. The van der Waals surface area contributed by atoms with E-state index in [1.54, 1.807) is 24.3 Å². The van der Waals surface area contributed by atoms with Gasteiger partial charge in [0, 0.05) is 18.5 Å². The van der Waals surface area contributed by atoms with Crippen LogP contribution in [0.5, 0.6) is 0 Å². The van der Waals surface area contributed by atoms with E-state index < -0.39 is 0 Å².